The molecule has 0 aliphatic heterocycles. The molecule has 8 heteroatoms. The number of phenols is 1. The lowest BCUT2D eigenvalue weighted by molar-refractivity contribution is -0.384. The number of para-hydroxylation sites is 1. The zero-order valence-corrected chi connectivity index (χ0v) is 10.5. The van der Waals surface area contributed by atoms with E-state index in [0.717, 1.165) is 18.2 Å². The number of hydrogen-bond donors (Lipinski definition) is 3. The van der Waals surface area contributed by atoms with Gasteiger partial charge in [0, 0.05) is 11.8 Å². The van der Waals surface area contributed by atoms with E-state index in [-0.39, 0.29) is 11.3 Å². The third-order valence-corrected chi connectivity index (χ3v) is 2.69. The highest BCUT2D eigenvalue weighted by Gasteiger charge is 2.21. The fraction of sp³-hybridized carbons (Fsp3) is 0. The van der Waals surface area contributed by atoms with E-state index >= 15 is 0 Å². The molecule has 2 aromatic carbocycles. The molecule has 7 nitrogen and oxygen atoms in total. The highest BCUT2D eigenvalue weighted by Crippen LogP contribution is 2.33. The van der Waals surface area contributed by atoms with Crippen LogP contribution >= 0.6 is 0 Å². The number of carbonyl (C=O) groups excluding carboxylic acids is 1. The molecule has 2 rings (SSSR count). The third-order valence-electron chi connectivity index (χ3n) is 2.69. The minimum Gasteiger partial charge on any atom is -0.505 e. The van der Waals surface area contributed by atoms with Gasteiger partial charge in [0.05, 0.1) is 10.5 Å². The molecule has 0 aliphatic carbocycles. The molecule has 0 spiro atoms. The summed E-state index contributed by atoms with van der Waals surface area (Å²) in [7, 11) is 0. The Morgan fingerprint density at radius 2 is 2.05 bits per heavy atom. The zero-order valence-electron chi connectivity index (χ0n) is 10.5. The molecule has 108 valence electrons. The lowest BCUT2D eigenvalue weighted by Gasteiger charge is -2.08. The molecule has 0 aromatic heterocycles. The van der Waals surface area contributed by atoms with Crippen molar-refractivity contribution in [2.75, 3.05) is 11.1 Å². The molecule has 0 aliphatic rings. The number of nitro groups is 1. The average Bonchev–Trinajstić information content (AvgIpc) is 2.40. The van der Waals surface area contributed by atoms with Crippen LogP contribution in [0.25, 0.3) is 0 Å². The fourth-order valence-electron chi connectivity index (χ4n) is 1.70. The van der Waals surface area contributed by atoms with Crippen LogP contribution in [0.5, 0.6) is 5.75 Å². The van der Waals surface area contributed by atoms with Crippen molar-refractivity contribution in [2.45, 2.75) is 0 Å². The first kappa shape index (κ1) is 14.3. The van der Waals surface area contributed by atoms with Gasteiger partial charge in [-0.05, 0) is 24.3 Å². The molecule has 0 atom stereocenters. The van der Waals surface area contributed by atoms with E-state index < -0.39 is 33.8 Å². The molecule has 0 radical (unpaired) electrons. The highest BCUT2D eigenvalue weighted by molar-refractivity contribution is 6.06. The van der Waals surface area contributed by atoms with Gasteiger partial charge in [0.2, 0.25) is 0 Å². The van der Waals surface area contributed by atoms with Gasteiger partial charge in [-0.15, -0.1) is 0 Å². The average molecular weight is 291 g/mol. The lowest BCUT2D eigenvalue weighted by Crippen LogP contribution is -2.15. The summed E-state index contributed by atoms with van der Waals surface area (Å²) < 4.78 is 13.6. The van der Waals surface area contributed by atoms with Gasteiger partial charge in [-0.3, -0.25) is 14.9 Å². The molecule has 0 saturated carbocycles. The summed E-state index contributed by atoms with van der Waals surface area (Å²) >= 11 is 0. The second-order valence-corrected chi connectivity index (χ2v) is 4.12. The number of nitrogens with one attached hydrogen (secondary N) is 1. The van der Waals surface area contributed by atoms with E-state index in [2.05, 4.69) is 5.32 Å². The van der Waals surface area contributed by atoms with Gasteiger partial charge in [-0.25, -0.2) is 4.39 Å². The summed E-state index contributed by atoms with van der Waals surface area (Å²) in [6.45, 7) is 0. The van der Waals surface area contributed by atoms with Crippen molar-refractivity contribution in [3.63, 3.8) is 0 Å². The van der Waals surface area contributed by atoms with E-state index in [1.165, 1.54) is 18.2 Å². The predicted molar refractivity (Wildman–Crippen MR) is 73.5 cm³/mol. The topological polar surface area (TPSA) is 118 Å². The number of nitro benzene ring substituents is 1. The SMILES string of the molecule is Nc1ccc(C(=O)Nc2c(O)cccc2[N+](=O)[O-])c(F)c1. The number of rotatable bonds is 3. The number of carbonyl (C=O) groups is 1. The van der Waals surface area contributed by atoms with Crippen molar-refractivity contribution in [1.29, 1.82) is 0 Å². The number of anilines is 2. The van der Waals surface area contributed by atoms with Crippen LogP contribution in [0.2, 0.25) is 0 Å². The number of halogens is 1. The molecule has 0 heterocycles. The Labute approximate surface area is 118 Å². The van der Waals surface area contributed by atoms with E-state index in [1.807, 2.05) is 0 Å². The third kappa shape index (κ3) is 2.89. The fourth-order valence-corrected chi connectivity index (χ4v) is 1.70. The Bertz CT molecular complexity index is 733. The van der Waals surface area contributed by atoms with Crippen molar-refractivity contribution >= 4 is 23.0 Å². The second kappa shape index (κ2) is 5.45. The number of nitrogen functional groups attached to an aromatic ring is 1. The highest BCUT2D eigenvalue weighted by atomic mass is 19.1. The summed E-state index contributed by atoms with van der Waals surface area (Å²) in [5.41, 5.74) is 4.26. The molecule has 0 unspecified atom stereocenters. The maximum Gasteiger partial charge on any atom is 0.296 e. The summed E-state index contributed by atoms with van der Waals surface area (Å²) in [4.78, 5) is 22.0. The van der Waals surface area contributed by atoms with Crippen LogP contribution in [0.4, 0.5) is 21.5 Å². The van der Waals surface area contributed by atoms with Crippen molar-refractivity contribution in [1.82, 2.24) is 0 Å². The molecule has 4 N–H and O–H groups in total. The first-order chi connectivity index (χ1) is 9.90. The van der Waals surface area contributed by atoms with E-state index in [9.17, 15) is 24.4 Å². The Balaban J connectivity index is 2.38. The van der Waals surface area contributed by atoms with Crippen molar-refractivity contribution in [2.24, 2.45) is 0 Å². The second-order valence-electron chi connectivity index (χ2n) is 4.12. The normalized spacial score (nSPS) is 10.1. The monoisotopic (exact) mass is 291 g/mol. The molecule has 21 heavy (non-hydrogen) atoms. The Morgan fingerprint density at radius 3 is 2.67 bits per heavy atom. The molecule has 0 saturated heterocycles. The maximum atomic E-state index is 13.6. The Morgan fingerprint density at radius 1 is 1.33 bits per heavy atom. The van der Waals surface area contributed by atoms with Crippen LogP contribution in [-0.4, -0.2) is 15.9 Å². The van der Waals surface area contributed by atoms with Crippen molar-refractivity contribution in [3.05, 3.63) is 57.9 Å². The molecule has 0 bridgehead atoms. The van der Waals surface area contributed by atoms with Crippen LogP contribution in [0.3, 0.4) is 0 Å². The minimum absolute atomic E-state index is 0.137. The van der Waals surface area contributed by atoms with E-state index in [4.69, 9.17) is 5.73 Å². The van der Waals surface area contributed by atoms with Crippen molar-refractivity contribution in [3.8, 4) is 5.75 Å². The first-order valence-electron chi connectivity index (χ1n) is 5.73. The van der Waals surface area contributed by atoms with Gasteiger partial charge < -0.3 is 16.2 Å². The minimum atomic E-state index is -0.933. The molecular formula is C13H10FN3O4. The van der Waals surface area contributed by atoms with Gasteiger partial charge in [0.1, 0.15) is 11.6 Å². The quantitative estimate of drug-likeness (QED) is 0.347. The zero-order chi connectivity index (χ0) is 15.6. The molecule has 2 aromatic rings. The van der Waals surface area contributed by atoms with Crippen LogP contribution < -0.4 is 11.1 Å². The maximum absolute atomic E-state index is 13.6. The number of benzene rings is 2. The van der Waals surface area contributed by atoms with Gasteiger partial charge in [0.15, 0.2) is 5.69 Å². The number of phenolic OH excluding ortho intramolecular Hbond substituents is 1. The van der Waals surface area contributed by atoms with Crippen molar-refractivity contribution < 1.29 is 19.2 Å². The smallest absolute Gasteiger partial charge is 0.296 e. The van der Waals surface area contributed by atoms with Crippen LogP contribution in [0.1, 0.15) is 10.4 Å². The Kier molecular flexibility index (Phi) is 3.70. The predicted octanol–water partition coefficient (Wildman–Crippen LogP) is 2.27. The Hall–Kier alpha value is -3.16. The van der Waals surface area contributed by atoms with Gasteiger partial charge in [-0.2, -0.15) is 0 Å². The van der Waals surface area contributed by atoms with E-state index in [0.29, 0.717) is 0 Å². The number of aromatic hydroxyl groups is 1. The van der Waals surface area contributed by atoms with E-state index in [1.54, 1.807) is 0 Å². The molecular weight excluding hydrogens is 281 g/mol. The van der Waals surface area contributed by atoms with Gasteiger partial charge in [-0.1, -0.05) is 6.07 Å². The largest absolute Gasteiger partial charge is 0.505 e. The first-order valence-corrected chi connectivity index (χ1v) is 5.73. The summed E-state index contributed by atoms with van der Waals surface area (Å²) in [6.07, 6.45) is 0. The van der Waals surface area contributed by atoms with Crippen LogP contribution in [0, 0.1) is 15.9 Å². The number of nitrogens with zero attached hydrogens (tertiary/aromatic N) is 1. The van der Waals surface area contributed by atoms with Crippen LogP contribution in [0.15, 0.2) is 36.4 Å². The summed E-state index contributed by atoms with van der Waals surface area (Å²) in [5.74, 6) is -2.30. The molecule has 1 amide bonds. The lowest BCUT2D eigenvalue weighted by atomic mass is 10.1. The number of hydrogen-bond acceptors (Lipinski definition) is 5. The number of nitrogens with two attached hydrogens (primary N) is 1. The standard InChI is InChI=1S/C13H10FN3O4/c14-9-6-7(15)4-5-8(9)13(19)16-12-10(17(20)21)2-1-3-11(12)18/h1-6,18H,15H2,(H,16,19). The molecule has 0 fully saturated rings. The van der Waals surface area contributed by atoms with Gasteiger partial charge >= 0.3 is 0 Å². The summed E-state index contributed by atoms with van der Waals surface area (Å²) in [6, 6.07) is 6.95. The summed E-state index contributed by atoms with van der Waals surface area (Å²) in [5, 5.41) is 22.6. The van der Waals surface area contributed by atoms with Gasteiger partial charge in [0.25, 0.3) is 11.6 Å². The number of amides is 1. The van der Waals surface area contributed by atoms with Crippen LogP contribution in [-0.2, 0) is 0 Å².